The van der Waals surface area contributed by atoms with Gasteiger partial charge < -0.3 is 14.2 Å². The summed E-state index contributed by atoms with van der Waals surface area (Å²) in [6.45, 7) is 3.41. The van der Waals surface area contributed by atoms with Gasteiger partial charge in [-0.3, -0.25) is 4.98 Å². The topological polar surface area (TPSA) is 53.5 Å². The first-order valence-corrected chi connectivity index (χ1v) is 12.1. The summed E-state index contributed by atoms with van der Waals surface area (Å²) in [6, 6.07) is 31.8. The molecule has 0 bridgehead atoms. The van der Waals surface area contributed by atoms with Crippen molar-refractivity contribution in [2.45, 2.75) is 26.6 Å². The second-order valence-corrected chi connectivity index (χ2v) is 8.49. The van der Waals surface area contributed by atoms with Crippen LogP contribution >= 0.6 is 0 Å². The van der Waals surface area contributed by atoms with E-state index < -0.39 is 0 Å². The van der Waals surface area contributed by atoms with Crippen molar-refractivity contribution in [2.75, 3.05) is 6.61 Å². The maximum absolute atomic E-state index is 6.31. The molecule has 0 fully saturated rings. The number of fused-ring (bicyclic) bond motifs is 1. The summed E-state index contributed by atoms with van der Waals surface area (Å²) in [6.07, 6.45) is 2.54. The summed E-state index contributed by atoms with van der Waals surface area (Å²) in [5.41, 5.74) is 4.84. The Bertz CT molecular complexity index is 1420. The summed E-state index contributed by atoms with van der Waals surface area (Å²) in [4.78, 5) is 9.20. The molecule has 5 nitrogen and oxygen atoms in total. The van der Waals surface area contributed by atoms with Gasteiger partial charge in [0.15, 0.2) is 0 Å². The van der Waals surface area contributed by atoms with Crippen molar-refractivity contribution in [3.63, 3.8) is 0 Å². The van der Waals surface area contributed by atoms with E-state index >= 15 is 0 Å². The molecule has 0 saturated carbocycles. The molecule has 5 rings (SSSR count). The van der Waals surface area contributed by atoms with Gasteiger partial charge in [-0.1, -0.05) is 54.6 Å². The van der Waals surface area contributed by atoms with Crippen molar-refractivity contribution in [1.29, 1.82) is 0 Å². The van der Waals surface area contributed by atoms with Crippen LogP contribution in [0.4, 0.5) is 0 Å². The van der Waals surface area contributed by atoms with Crippen LogP contribution in [0.5, 0.6) is 17.2 Å². The van der Waals surface area contributed by atoms with Gasteiger partial charge in [-0.05, 0) is 48.9 Å². The van der Waals surface area contributed by atoms with Crippen molar-refractivity contribution >= 4 is 10.9 Å². The lowest BCUT2D eigenvalue weighted by atomic mass is 10.1. The van der Waals surface area contributed by atoms with Gasteiger partial charge in [0.25, 0.3) is 0 Å². The minimum absolute atomic E-state index is 0.329. The zero-order chi connectivity index (χ0) is 24.6. The smallest absolute Gasteiger partial charge is 0.134 e. The standard InChI is InChI=1S/C31H28N2O3/c1-23-30(22-35-27-14-9-13-26(20-27)34-19-17-25-12-7-8-18-32-25)33-29-16-6-5-15-28(29)31(23)36-21-24-10-3-2-4-11-24/h2-16,18,20H,17,19,21-22H2,1H3. The van der Waals surface area contributed by atoms with Crippen LogP contribution in [0.2, 0.25) is 0 Å². The largest absolute Gasteiger partial charge is 0.493 e. The molecule has 5 aromatic rings. The molecule has 3 aromatic carbocycles. The lowest BCUT2D eigenvalue weighted by Crippen LogP contribution is -2.06. The van der Waals surface area contributed by atoms with Gasteiger partial charge in [0, 0.05) is 35.3 Å². The molecule has 0 saturated heterocycles. The molecule has 0 aliphatic heterocycles. The molecule has 0 spiro atoms. The minimum Gasteiger partial charge on any atom is -0.493 e. The highest BCUT2D eigenvalue weighted by Crippen LogP contribution is 2.32. The van der Waals surface area contributed by atoms with Crippen LogP contribution < -0.4 is 14.2 Å². The molecule has 0 unspecified atom stereocenters. The Morgan fingerprint density at radius 1 is 0.694 bits per heavy atom. The van der Waals surface area contributed by atoms with Gasteiger partial charge in [-0.25, -0.2) is 4.98 Å². The number of ether oxygens (including phenoxy) is 3. The minimum atomic E-state index is 0.329. The maximum Gasteiger partial charge on any atom is 0.134 e. The van der Waals surface area contributed by atoms with Crippen LogP contribution in [-0.4, -0.2) is 16.6 Å². The van der Waals surface area contributed by atoms with Gasteiger partial charge >= 0.3 is 0 Å². The predicted octanol–water partition coefficient (Wildman–Crippen LogP) is 6.72. The van der Waals surface area contributed by atoms with Crippen molar-refractivity contribution in [2.24, 2.45) is 0 Å². The van der Waals surface area contributed by atoms with E-state index in [0.717, 1.165) is 57.1 Å². The Balaban J connectivity index is 1.28. The monoisotopic (exact) mass is 476 g/mol. The second kappa shape index (κ2) is 11.4. The van der Waals surface area contributed by atoms with Crippen molar-refractivity contribution in [1.82, 2.24) is 9.97 Å². The lowest BCUT2D eigenvalue weighted by molar-refractivity contribution is 0.287. The summed E-state index contributed by atoms with van der Waals surface area (Å²) in [5.74, 6) is 2.33. The Hall–Kier alpha value is -4.38. The molecule has 5 heteroatoms. The number of hydrogen-bond donors (Lipinski definition) is 0. The number of pyridine rings is 2. The number of nitrogens with zero attached hydrogens (tertiary/aromatic N) is 2. The molecule has 36 heavy (non-hydrogen) atoms. The van der Waals surface area contributed by atoms with E-state index in [4.69, 9.17) is 19.2 Å². The number of hydrogen-bond acceptors (Lipinski definition) is 5. The normalized spacial score (nSPS) is 10.8. The van der Waals surface area contributed by atoms with Crippen molar-refractivity contribution < 1.29 is 14.2 Å². The van der Waals surface area contributed by atoms with E-state index in [-0.39, 0.29) is 0 Å². The van der Waals surface area contributed by atoms with Crippen LogP contribution in [0.1, 0.15) is 22.5 Å². The van der Waals surface area contributed by atoms with Crippen LogP contribution in [0, 0.1) is 6.92 Å². The summed E-state index contributed by atoms with van der Waals surface area (Å²) in [5, 5.41) is 0.998. The molecule has 0 aliphatic carbocycles. The van der Waals surface area contributed by atoms with Gasteiger partial charge in [0.2, 0.25) is 0 Å². The third-order valence-corrected chi connectivity index (χ3v) is 5.94. The van der Waals surface area contributed by atoms with Crippen LogP contribution in [0.3, 0.4) is 0 Å². The van der Waals surface area contributed by atoms with Crippen LogP contribution in [0.25, 0.3) is 10.9 Å². The molecule has 2 aromatic heterocycles. The van der Waals surface area contributed by atoms with E-state index in [1.165, 1.54) is 0 Å². The molecule has 0 aliphatic rings. The number of benzene rings is 3. The number of rotatable bonds is 10. The Kier molecular flexibility index (Phi) is 7.38. The molecule has 0 atom stereocenters. The highest BCUT2D eigenvalue weighted by Gasteiger charge is 2.14. The maximum atomic E-state index is 6.31. The molecule has 0 radical (unpaired) electrons. The Morgan fingerprint density at radius 3 is 2.31 bits per heavy atom. The fraction of sp³-hybridized carbons (Fsp3) is 0.161. The van der Waals surface area contributed by atoms with E-state index in [2.05, 4.69) is 17.1 Å². The third kappa shape index (κ3) is 5.81. The first kappa shape index (κ1) is 23.4. The predicted molar refractivity (Wildman–Crippen MR) is 141 cm³/mol. The summed E-state index contributed by atoms with van der Waals surface area (Å²) < 4.78 is 18.4. The van der Waals surface area contributed by atoms with Crippen LogP contribution in [-0.2, 0) is 19.6 Å². The Morgan fingerprint density at radius 2 is 1.47 bits per heavy atom. The van der Waals surface area contributed by atoms with E-state index in [1.807, 2.05) is 91.9 Å². The molecule has 0 N–H and O–H groups in total. The first-order chi connectivity index (χ1) is 17.8. The zero-order valence-electron chi connectivity index (χ0n) is 20.3. The second-order valence-electron chi connectivity index (χ2n) is 8.49. The average Bonchev–Trinajstić information content (AvgIpc) is 2.93. The van der Waals surface area contributed by atoms with Gasteiger partial charge in [0.05, 0.1) is 17.8 Å². The first-order valence-electron chi connectivity index (χ1n) is 12.1. The Labute approximate surface area is 211 Å². The third-order valence-electron chi connectivity index (χ3n) is 5.94. The average molecular weight is 477 g/mol. The van der Waals surface area contributed by atoms with Gasteiger partial charge in [-0.2, -0.15) is 0 Å². The number of para-hydroxylation sites is 1. The molecular formula is C31H28N2O3. The number of aromatic nitrogens is 2. The fourth-order valence-electron chi connectivity index (χ4n) is 4.01. The van der Waals surface area contributed by atoms with Crippen LogP contribution in [0.15, 0.2) is 103 Å². The molecule has 180 valence electrons. The summed E-state index contributed by atoms with van der Waals surface area (Å²) in [7, 11) is 0. The molecule has 2 heterocycles. The van der Waals surface area contributed by atoms with Gasteiger partial charge in [-0.15, -0.1) is 0 Å². The van der Waals surface area contributed by atoms with Gasteiger partial charge in [0.1, 0.15) is 30.5 Å². The SMILES string of the molecule is Cc1c(COc2cccc(OCCc3ccccn3)c2)nc2ccccc2c1OCc1ccccc1. The van der Waals surface area contributed by atoms with E-state index in [9.17, 15) is 0 Å². The highest BCUT2D eigenvalue weighted by molar-refractivity contribution is 5.86. The van der Waals surface area contributed by atoms with E-state index in [1.54, 1.807) is 6.20 Å². The van der Waals surface area contributed by atoms with Crippen molar-refractivity contribution in [3.05, 3.63) is 126 Å². The molecular weight excluding hydrogens is 448 g/mol. The summed E-state index contributed by atoms with van der Waals surface area (Å²) >= 11 is 0. The zero-order valence-corrected chi connectivity index (χ0v) is 20.3. The highest BCUT2D eigenvalue weighted by atomic mass is 16.5. The lowest BCUT2D eigenvalue weighted by Gasteiger charge is -2.16. The van der Waals surface area contributed by atoms with E-state index in [0.29, 0.717) is 19.8 Å². The quantitative estimate of drug-likeness (QED) is 0.224. The van der Waals surface area contributed by atoms with Crippen molar-refractivity contribution in [3.8, 4) is 17.2 Å². The molecule has 0 amide bonds. The fourth-order valence-corrected chi connectivity index (χ4v) is 4.01.